The highest BCUT2D eigenvalue weighted by Gasteiger charge is 1.98. The summed E-state index contributed by atoms with van der Waals surface area (Å²) in [6.45, 7) is 2.04. The predicted molar refractivity (Wildman–Crippen MR) is 74.6 cm³/mol. The van der Waals surface area contributed by atoms with Crippen molar-refractivity contribution in [2.75, 3.05) is 7.11 Å². The first-order chi connectivity index (χ1) is 8.69. The van der Waals surface area contributed by atoms with Gasteiger partial charge in [-0.15, -0.1) is 0 Å². The molecule has 2 N–H and O–H groups in total. The van der Waals surface area contributed by atoms with Crippen molar-refractivity contribution >= 4 is 11.5 Å². The maximum absolute atomic E-state index is 5.97. The van der Waals surface area contributed by atoms with E-state index < -0.39 is 0 Å². The molecule has 0 saturated carbocycles. The standard InChI is InChI=1S/C15H16N2O/c1-11-3-5-12(6-4-11)15(16)17-13-7-9-14(18-2)10-8-13/h3-10H,1-2H3,(H2,16,17). The monoisotopic (exact) mass is 240 g/mol. The van der Waals surface area contributed by atoms with Crippen LogP contribution in [0.25, 0.3) is 0 Å². The summed E-state index contributed by atoms with van der Waals surface area (Å²) in [4.78, 5) is 4.37. The lowest BCUT2D eigenvalue weighted by atomic mass is 10.1. The Balaban J connectivity index is 2.23. The van der Waals surface area contributed by atoms with Crippen molar-refractivity contribution in [3.8, 4) is 5.75 Å². The van der Waals surface area contributed by atoms with E-state index in [0.717, 1.165) is 17.0 Å². The molecule has 0 aliphatic heterocycles. The molecule has 2 rings (SSSR count). The zero-order chi connectivity index (χ0) is 13.0. The van der Waals surface area contributed by atoms with Gasteiger partial charge in [-0.25, -0.2) is 4.99 Å². The Hall–Kier alpha value is -2.29. The summed E-state index contributed by atoms with van der Waals surface area (Å²) in [5.41, 5.74) is 8.91. The molecule has 0 atom stereocenters. The van der Waals surface area contributed by atoms with Gasteiger partial charge in [-0.2, -0.15) is 0 Å². The molecule has 0 aromatic heterocycles. The van der Waals surface area contributed by atoms with Crippen molar-refractivity contribution in [3.05, 3.63) is 59.7 Å². The van der Waals surface area contributed by atoms with Crippen molar-refractivity contribution < 1.29 is 4.74 Å². The average molecular weight is 240 g/mol. The van der Waals surface area contributed by atoms with Crippen LogP contribution in [0.2, 0.25) is 0 Å². The van der Waals surface area contributed by atoms with Crippen molar-refractivity contribution in [1.29, 1.82) is 0 Å². The van der Waals surface area contributed by atoms with Crippen molar-refractivity contribution in [3.63, 3.8) is 0 Å². The van der Waals surface area contributed by atoms with E-state index in [1.807, 2.05) is 55.5 Å². The summed E-state index contributed by atoms with van der Waals surface area (Å²) in [5.74, 6) is 1.32. The lowest BCUT2D eigenvalue weighted by Gasteiger charge is -2.03. The first-order valence-electron chi connectivity index (χ1n) is 5.74. The Morgan fingerprint density at radius 1 is 1.00 bits per heavy atom. The number of rotatable bonds is 3. The summed E-state index contributed by atoms with van der Waals surface area (Å²) in [7, 11) is 1.64. The van der Waals surface area contributed by atoms with Gasteiger partial charge in [0.05, 0.1) is 12.8 Å². The van der Waals surface area contributed by atoms with Gasteiger partial charge in [0.15, 0.2) is 0 Å². The molecule has 0 radical (unpaired) electrons. The first kappa shape index (κ1) is 12.2. The third kappa shape index (κ3) is 2.88. The smallest absolute Gasteiger partial charge is 0.131 e. The minimum Gasteiger partial charge on any atom is -0.497 e. The molecule has 2 aromatic carbocycles. The zero-order valence-corrected chi connectivity index (χ0v) is 10.6. The van der Waals surface area contributed by atoms with Gasteiger partial charge in [0.25, 0.3) is 0 Å². The Morgan fingerprint density at radius 3 is 2.17 bits per heavy atom. The van der Waals surface area contributed by atoms with Crippen molar-refractivity contribution in [2.45, 2.75) is 6.92 Å². The fourth-order valence-electron chi connectivity index (χ4n) is 1.58. The molecule has 0 heterocycles. The van der Waals surface area contributed by atoms with Gasteiger partial charge >= 0.3 is 0 Å². The number of nitrogens with two attached hydrogens (primary N) is 1. The molecule has 0 bridgehead atoms. The number of benzene rings is 2. The van der Waals surface area contributed by atoms with Crippen LogP contribution in [-0.2, 0) is 0 Å². The molecule has 0 amide bonds. The summed E-state index contributed by atoms with van der Waals surface area (Å²) in [6, 6.07) is 15.5. The van der Waals surface area contributed by atoms with E-state index in [0.29, 0.717) is 5.84 Å². The number of aryl methyl sites for hydroxylation is 1. The number of hydrogen-bond donors (Lipinski definition) is 1. The number of nitrogens with zero attached hydrogens (tertiary/aromatic N) is 1. The summed E-state index contributed by atoms with van der Waals surface area (Å²) in [6.07, 6.45) is 0. The van der Waals surface area contributed by atoms with Crippen molar-refractivity contribution in [2.24, 2.45) is 10.7 Å². The fourth-order valence-corrected chi connectivity index (χ4v) is 1.58. The van der Waals surface area contributed by atoms with Crippen LogP contribution >= 0.6 is 0 Å². The lowest BCUT2D eigenvalue weighted by Crippen LogP contribution is -2.12. The third-order valence-electron chi connectivity index (χ3n) is 2.67. The molecule has 92 valence electrons. The Bertz CT molecular complexity index is 542. The van der Waals surface area contributed by atoms with Gasteiger partial charge in [0.1, 0.15) is 11.6 Å². The van der Waals surface area contributed by atoms with Gasteiger partial charge in [0.2, 0.25) is 0 Å². The van der Waals surface area contributed by atoms with Crippen LogP contribution in [0.5, 0.6) is 5.75 Å². The van der Waals surface area contributed by atoms with Crippen LogP contribution in [0.3, 0.4) is 0 Å². The van der Waals surface area contributed by atoms with Crippen LogP contribution < -0.4 is 10.5 Å². The summed E-state index contributed by atoms with van der Waals surface area (Å²) in [5, 5.41) is 0. The molecule has 3 heteroatoms. The molecule has 0 unspecified atom stereocenters. The van der Waals surface area contributed by atoms with Gasteiger partial charge in [-0.3, -0.25) is 0 Å². The molecule has 0 saturated heterocycles. The van der Waals surface area contributed by atoms with E-state index in [4.69, 9.17) is 10.5 Å². The molecule has 0 fully saturated rings. The molecule has 0 aliphatic carbocycles. The molecular formula is C15H16N2O. The molecule has 3 nitrogen and oxygen atoms in total. The Kier molecular flexibility index (Phi) is 3.63. The number of hydrogen-bond acceptors (Lipinski definition) is 2. The molecule has 2 aromatic rings. The second-order valence-corrected chi connectivity index (χ2v) is 4.06. The van der Waals surface area contributed by atoms with Crippen LogP contribution in [0.1, 0.15) is 11.1 Å². The van der Waals surface area contributed by atoms with Crippen LogP contribution in [0, 0.1) is 6.92 Å². The highest BCUT2D eigenvalue weighted by Crippen LogP contribution is 2.18. The van der Waals surface area contributed by atoms with E-state index >= 15 is 0 Å². The Labute approximate surface area is 107 Å². The maximum Gasteiger partial charge on any atom is 0.131 e. The zero-order valence-electron chi connectivity index (χ0n) is 10.6. The first-order valence-corrected chi connectivity index (χ1v) is 5.74. The van der Waals surface area contributed by atoms with Crippen LogP contribution in [-0.4, -0.2) is 12.9 Å². The van der Waals surface area contributed by atoms with Crippen LogP contribution in [0.15, 0.2) is 53.5 Å². The number of aliphatic imine (C=N–C) groups is 1. The molecule has 0 spiro atoms. The van der Waals surface area contributed by atoms with Crippen LogP contribution in [0.4, 0.5) is 5.69 Å². The SMILES string of the molecule is COc1ccc(N=C(N)c2ccc(C)cc2)cc1. The quantitative estimate of drug-likeness (QED) is 0.662. The topological polar surface area (TPSA) is 47.6 Å². The Morgan fingerprint density at radius 2 is 1.61 bits per heavy atom. The second-order valence-electron chi connectivity index (χ2n) is 4.06. The minimum atomic E-state index is 0.514. The van der Waals surface area contributed by atoms with E-state index in [1.165, 1.54) is 5.56 Å². The highest BCUT2D eigenvalue weighted by atomic mass is 16.5. The number of methoxy groups -OCH3 is 1. The van der Waals surface area contributed by atoms with Gasteiger partial charge < -0.3 is 10.5 Å². The summed E-state index contributed by atoms with van der Waals surface area (Å²) >= 11 is 0. The second kappa shape index (κ2) is 5.36. The van der Waals surface area contributed by atoms with Gasteiger partial charge in [0, 0.05) is 5.56 Å². The van der Waals surface area contributed by atoms with Crippen molar-refractivity contribution in [1.82, 2.24) is 0 Å². The maximum atomic E-state index is 5.97. The van der Waals surface area contributed by atoms with E-state index in [-0.39, 0.29) is 0 Å². The summed E-state index contributed by atoms with van der Waals surface area (Å²) < 4.78 is 5.09. The van der Waals surface area contributed by atoms with Gasteiger partial charge in [-0.05, 0) is 31.2 Å². The minimum absolute atomic E-state index is 0.514. The normalized spacial score (nSPS) is 11.3. The highest BCUT2D eigenvalue weighted by molar-refractivity contribution is 5.99. The largest absolute Gasteiger partial charge is 0.497 e. The van der Waals surface area contributed by atoms with Gasteiger partial charge in [-0.1, -0.05) is 29.8 Å². The number of ether oxygens (including phenoxy) is 1. The van der Waals surface area contributed by atoms with E-state index in [1.54, 1.807) is 7.11 Å². The lowest BCUT2D eigenvalue weighted by molar-refractivity contribution is 0.415. The number of amidine groups is 1. The third-order valence-corrected chi connectivity index (χ3v) is 2.67. The molecule has 18 heavy (non-hydrogen) atoms. The fraction of sp³-hybridized carbons (Fsp3) is 0.133. The van der Waals surface area contributed by atoms with E-state index in [9.17, 15) is 0 Å². The predicted octanol–water partition coefficient (Wildman–Crippen LogP) is 3.04. The molecule has 0 aliphatic rings. The average Bonchev–Trinajstić information content (AvgIpc) is 2.40. The van der Waals surface area contributed by atoms with E-state index in [2.05, 4.69) is 4.99 Å². The molecular weight excluding hydrogens is 224 g/mol.